The Morgan fingerprint density at radius 3 is 2.63 bits per heavy atom. The normalized spacial score (nSPS) is 35.7. The van der Waals surface area contributed by atoms with Gasteiger partial charge in [0.25, 0.3) is 0 Å². The van der Waals surface area contributed by atoms with Crippen LogP contribution in [0.5, 0.6) is 0 Å². The Morgan fingerprint density at radius 1 is 1.26 bits per heavy atom. The molecule has 3 saturated carbocycles. The SMILES string of the molecule is CC1(C)[C@H]2CC[C@@](O)(CNCc3ccccc3)[C@@H]1C2. The average molecular weight is 259 g/mol. The van der Waals surface area contributed by atoms with Crippen LogP contribution in [0.1, 0.15) is 38.7 Å². The van der Waals surface area contributed by atoms with Gasteiger partial charge in [-0.3, -0.25) is 0 Å². The number of fused-ring (bicyclic) bond motifs is 2. The fraction of sp³-hybridized carbons (Fsp3) is 0.647. The second-order valence-electron chi connectivity index (χ2n) is 7.04. The zero-order valence-corrected chi connectivity index (χ0v) is 12.0. The van der Waals surface area contributed by atoms with Crippen molar-refractivity contribution in [2.24, 2.45) is 17.3 Å². The lowest BCUT2D eigenvalue weighted by molar-refractivity contribution is -0.199. The van der Waals surface area contributed by atoms with Crippen molar-refractivity contribution in [1.82, 2.24) is 5.32 Å². The highest BCUT2D eigenvalue weighted by atomic mass is 16.3. The van der Waals surface area contributed by atoms with Crippen LogP contribution in [-0.2, 0) is 6.54 Å². The molecule has 2 bridgehead atoms. The Labute approximate surface area is 116 Å². The first-order valence-corrected chi connectivity index (χ1v) is 7.49. The zero-order chi connectivity index (χ0) is 13.5. The summed E-state index contributed by atoms with van der Waals surface area (Å²) in [6.07, 6.45) is 3.37. The molecule has 0 amide bonds. The Hall–Kier alpha value is -0.860. The second kappa shape index (κ2) is 4.60. The largest absolute Gasteiger partial charge is 0.388 e. The predicted molar refractivity (Wildman–Crippen MR) is 77.7 cm³/mol. The fourth-order valence-corrected chi connectivity index (χ4v) is 4.25. The van der Waals surface area contributed by atoms with E-state index < -0.39 is 5.60 Å². The summed E-state index contributed by atoms with van der Waals surface area (Å²) in [5.74, 6) is 1.31. The minimum atomic E-state index is -0.493. The van der Waals surface area contributed by atoms with Crippen LogP contribution in [0.3, 0.4) is 0 Å². The van der Waals surface area contributed by atoms with Gasteiger partial charge in [0.15, 0.2) is 0 Å². The molecule has 0 spiro atoms. The van der Waals surface area contributed by atoms with Gasteiger partial charge in [-0.15, -0.1) is 0 Å². The lowest BCUT2D eigenvalue weighted by Crippen LogP contribution is -2.64. The van der Waals surface area contributed by atoms with Crippen LogP contribution >= 0.6 is 0 Å². The van der Waals surface area contributed by atoms with Crippen LogP contribution in [0.2, 0.25) is 0 Å². The lowest BCUT2D eigenvalue weighted by Gasteiger charge is -2.63. The highest BCUT2D eigenvalue weighted by Gasteiger charge is 2.60. The Balaban J connectivity index is 1.57. The van der Waals surface area contributed by atoms with Crippen LogP contribution in [-0.4, -0.2) is 17.3 Å². The second-order valence-corrected chi connectivity index (χ2v) is 7.04. The van der Waals surface area contributed by atoms with E-state index in [0.29, 0.717) is 11.3 Å². The van der Waals surface area contributed by atoms with Crippen molar-refractivity contribution >= 4 is 0 Å². The van der Waals surface area contributed by atoms with Crippen LogP contribution in [0.25, 0.3) is 0 Å². The number of hydrogen-bond donors (Lipinski definition) is 2. The number of hydrogen-bond acceptors (Lipinski definition) is 2. The van der Waals surface area contributed by atoms with E-state index in [1.54, 1.807) is 0 Å². The number of rotatable bonds is 4. The molecule has 0 unspecified atom stereocenters. The molecule has 19 heavy (non-hydrogen) atoms. The van der Waals surface area contributed by atoms with Crippen molar-refractivity contribution in [3.63, 3.8) is 0 Å². The number of benzene rings is 1. The first-order valence-electron chi connectivity index (χ1n) is 7.49. The van der Waals surface area contributed by atoms with Gasteiger partial charge in [-0.2, -0.15) is 0 Å². The van der Waals surface area contributed by atoms with Crippen molar-refractivity contribution in [2.75, 3.05) is 6.54 Å². The Morgan fingerprint density at radius 2 is 2.00 bits per heavy atom. The van der Waals surface area contributed by atoms with E-state index >= 15 is 0 Å². The summed E-state index contributed by atoms with van der Waals surface area (Å²) in [6, 6.07) is 10.4. The van der Waals surface area contributed by atoms with Gasteiger partial charge in [0.05, 0.1) is 5.60 Å². The molecule has 3 aliphatic carbocycles. The molecule has 3 fully saturated rings. The molecule has 0 saturated heterocycles. The van der Waals surface area contributed by atoms with Crippen molar-refractivity contribution in [1.29, 1.82) is 0 Å². The molecule has 2 heteroatoms. The van der Waals surface area contributed by atoms with Gasteiger partial charge in [0.2, 0.25) is 0 Å². The smallest absolute Gasteiger partial charge is 0.0805 e. The molecule has 1 aromatic rings. The van der Waals surface area contributed by atoms with E-state index in [0.717, 1.165) is 25.4 Å². The first-order chi connectivity index (χ1) is 9.02. The molecule has 2 N–H and O–H groups in total. The third-order valence-electron chi connectivity index (χ3n) is 5.65. The van der Waals surface area contributed by atoms with Gasteiger partial charge in [-0.05, 0) is 42.1 Å². The van der Waals surface area contributed by atoms with Gasteiger partial charge in [-0.25, -0.2) is 0 Å². The summed E-state index contributed by atoms with van der Waals surface area (Å²) in [4.78, 5) is 0. The van der Waals surface area contributed by atoms with E-state index in [1.807, 2.05) is 6.07 Å². The standard InChI is InChI=1S/C17H25NO/c1-16(2)14-8-9-17(19,15(16)10-14)12-18-11-13-6-4-3-5-7-13/h3-7,14-15,18-19H,8-12H2,1-2H3/t14-,15+,17+/m0/s1. The zero-order valence-electron chi connectivity index (χ0n) is 12.0. The van der Waals surface area contributed by atoms with E-state index in [-0.39, 0.29) is 0 Å². The highest BCUT2D eigenvalue weighted by Crippen LogP contribution is 2.62. The molecule has 2 nitrogen and oxygen atoms in total. The van der Waals surface area contributed by atoms with Crippen molar-refractivity contribution in [3.8, 4) is 0 Å². The molecule has 4 rings (SSSR count). The molecule has 0 heterocycles. The minimum Gasteiger partial charge on any atom is -0.388 e. The third-order valence-corrected chi connectivity index (χ3v) is 5.65. The fourth-order valence-electron chi connectivity index (χ4n) is 4.25. The molecule has 0 aliphatic heterocycles. The Kier molecular flexibility index (Phi) is 3.18. The van der Waals surface area contributed by atoms with Crippen molar-refractivity contribution < 1.29 is 5.11 Å². The van der Waals surface area contributed by atoms with Crippen LogP contribution in [0, 0.1) is 17.3 Å². The lowest BCUT2D eigenvalue weighted by atomic mass is 9.44. The van der Waals surface area contributed by atoms with Gasteiger partial charge in [-0.1, -0.05) is 44.2 Å². The van der Waals surface area contributed by atoms with Crippen LogP contribution in [0.4, 0.5) is 0 Å². The van der Waals surface area contributed by atoms with Gasteiger partial charge in [0, 0.05) is 13.1 Å². The van der Waals surface area contributed by atoms with E-state index in [4.69, 9.17) is 0 Å². The number of nitrogens with one attached hydrogen (secondary N) is 1. The maximum atomic E-state index is 10.9. The summed E-state index contributed by atoms with van der Waals surface area (Å²) in [6.45, 7) is 6.22. The topological polar surface area (TPSA) is 32.3 Å². The van der Waals surface area contributed by atoms with E-state index in [1.165, 1.54) is 18.4 Å². The average Bonchev–Trinajstić information content (AvgIpc) is 2.39. The molecule has 104 valence electrons. The predicted octanol–water partition coefficient (Wildman–Crippen LogP) is 2.96. The first kappa shape index (κ1) is 13.1. The van der Waals surface area contributed by atoms with Gasteiger partial charge < -0.3 is 10.4 Å². The van der Waals surface area contributed by atoms with Crippen molar-refractivity contribution in [3.05, 3.63) is 35.9 Å². The summed E-state index contributed by atoms with van der Waals surface area (Å²) < 4.78 is 0. The maximum absolute atomic E-state index is 10.9. The Bertz CT molecular complexity index is 440. The number of aliphatic hydroxyl groups is 1. The van der Waals surface area contributed by atoms with E-state index in [2.05, 4.69) is 43.4 Å². The monoisotopic (exact) mass is 259 g/mol. The molecule has 3 aliphatic rings. The third kappa shape index (κ3) is 2.21. The molecular weight excluding hydrogens is 234 g/mol. The molecular formula is C17H25NO. The van der Waals surface area contributed by atoms with Crippen LogP contribution < -0.4 is 5.32 Å². The summed E-state index contributed by atoms with van der Waals surface area (Å²) >= 11 is 0. The molecule has 0 radical (unpaired) electrons. The molecule has 0 aromatic heterocycles. The minimum absolute atomic E-state index is 0.335. The van der Waals surface area contributed by atoms with Gasteiger partial charge in [0.1, 0.15) is 0 Å². The van der Waals surface area contributed by atoms with Gasteiger partial charge >= 0.3 is 0 Å². The molecule has 1 aromatic carbocycles. The summed E-state index contributed by atoms with van der Waals surface area (Å²) in [5.41, 5.74) is 1.13. The van der Waals surface area contributed by atoms with Crippen LogP contribution in [0.15, 0.2) is 30.3 Å². The highest BCUT2D eigenvalue weighted by molar-refractivity contribution is 5.15. The van der Waals surface area contributed by atoms with Crippen molar-refractivity contribution in [2.45, 2.75) is 45.3 Å². The maximum Gasteiger partial charge on any atom is 0.0805 e. The molecule has 3 atom stereocenters. The quantitative estimate of drug-likeness (QED) is 0.871. The van der Waals surface area contributed by atoms with E-state index in [9.17, 15) is 5.11 Å². The summed E-state index contributed by atoms with van der Waals surface area (Å²) in [5, 5.41) is 14.4. The summed E-state index contributed by atoms with van der Waals surface area (Å²) in [7, 11) is 0.